The summed E-state index contributed by atoms with van der Waals surface area (Å²) in [6.07, 6.45) is 3.98. The molecule has 0 fully saturated rings. The number of hydrogen-bond donors (Lipinski definition) is 1. The van der Waals surface area contributed by atoms with Gasteiger partial charge in [-0.05, 0) is 40.8 Å². The van der Waals surface area contributed by atoms with E-state index in [0.29, 0.717) is 5.56 Å². The molecule has 0 saturated heterocycles. The molecule has 19 heavy (non-hydrogen) atoms. The van der Waals surface area contributed by atoms with E-state index in [-0.39, 0.29) is 0 Å². The molecule has 2 heterocycles. The van der Waals surface area contributed by atoms with Gasteiger partial charge in [-0.3, -0.25) is 0 Å². The topological polar surface area (TPSA) is 42.2 Å². The van der Waals surface area contributed by atoms with E-state index >= 15 is 0 Å². The quantitative estimate of drug-likeness (QED) is 0.783. The number of rotatable bonds is 3. The highest BCUT2D eigenvalue weighted by molar-refractivity contribution is 7.08. The number of aromatic nitrogens is 1. The highest BCUT2D eigenvalue weighted by atomic mass is 32.1. The van der Waals surface area contributed by atoms with Crippen molar-refractivity contribution < 1.29 is 9.90 Å². The predicted molar refractivity (Wildman–Crippen MR) is 76.0 cm³/mol. The summed E-state index contributed by atoms with van der Waals surface area (Å²) in [4.78, 5) is 11.0. The molecule has 3 aromatic rings. The van der Waals surface area contributed by atoms with Crippen LogP contribution in [0.2, 0.25) is 0 Å². The van der Waals surface area contributed by atoms with E-state index in [1.807, 2.05) is 40.5 Å². The summed E-state index contributed by atoms with van der Waals surface area (Å²) < 4.78 is 2.03. The lowest BCUT2D eigenvalue weighted by molar-refractivity contribution is 0.0697. The number of carboxylic acid groups (broad SMARTS) is 1. The summed E-state index contributed by atoms with van der Waals surface area (Å²) in [5.41, 5.74) is 3.34. The standard InChI is InChI=1S/C15H11NO2S/c17-15(18)12-3-1-2-11(8-12)13-4-6-16(9-13)14-5-7-19-10-14/h1-10H,(H,17,18). The third-order valence-corrected chi connectivity index (χ3v) is 3.61. The van der Waals surface area contributed by atoms with Gasteiger partial charge in [-0.25, -0.2) is 4.79 Å². The summed E-state index contributed by atoms with van der Waals surface area (Å²) in [5.74, 6) is -0.904. The fraction of sp³-hybridized carbons (Fsp3) is 0. The molecule has 0 aliphatic heterocycles. The first kappa shape index (κ1) is 11.7. The Labute approximate surface area is 114 Å². The van der Waals surface area contributed by atoms with Crippen LogP contribution in [-0.4, -0.2) is 15.6 Å². The van der Waals surface area contributed by atoms with Gasteiger partial charge in [0.25, 0.3) is 0 Å². The van der Waals surface area contributed by atoms with Crippen LogP contribution < -0.4 is 0 Å². The minimum absolute atomic E-state index is 0.306. The van der Waals surface area contributed by atoms with Crippen molar-refractivity contribution in [3.63, 3.8) is 0 Å². The van der Waals surface area contributed by atoms with Gasteiger partial charge in [0.15, 0.2) is 0 Å². The molecule has 0 bridgehead atoms. The highest BCUT2D eigenvalue weighted by Gasteiger charge is 2.06. The summed E-state index contributed by atoms with van der Waals surface area (Å²) in [6.45, 7) is 0. The number of aromatic carboxylic acids is 1. The summed E-state index contributed by atoms with van der Waals surface area (Å²) in [5, 5.41) is 13.1. The molecule has 0 saturated carbocycles. The van der Waals surface area contributed by atoms with Crippen LogP contribution in [0.1, 0.15) is 10.4 Å². The maximum Gasteiger partial charge on any atom is 0.335 e. The minimum Gasteiger partial charge on any atom is -0.478 e. The van der Waals surface area contributed by atoms with Crippen molar-refractivity contribution in [1.82, 2.24) is 4.57 Å². The van der Waals surface area contributed by atoms with Gasteiger partial charge in [0.2, 0.25) is 0 Å². The molecule has 94 valence electrons. The Hall–Kier alpha value is -2.33. The van der Waals surface area contributed by atoms with Gasteiger partial charge >= 0.3 is 5.97 Å². The van der Waals surface area contributed by atoms with Crippen LogP contribution in [0.25, 0.3) is 16.8 Å². The van der Waals surface area contributed by atoms with E-state index in [9.17, 15) is 4.79 Å². The summed E-state index contributed by atoms with van der Waals surface area (Å²) in [7, 11) is 0. The lowest BCUT2D eigenvalue weighted by Crippen LogP contribution is -1.95. The van der Waals surface area contributed by atoms with Crippen LogP contribution in [0, 0.1) is 0 Å². The predicted octanol–water partition coefficient (Wildman–Crippen LogP) is 3.90. The van der Waals surface area contributed by atoms with Gasteiger partial charge in [-0.2, -0.15) is 11.3 Å². The maximum atomic E-state index is 11.0. The Kier molecular flexibility index (Phi) is 2.93. The van der Waals surface area contributed by atoms with Crippen molar-refractivity contribution in [2.75, 3.05) is 0 Å². The van der Waals surface area contributed by atoms with Gasteiger partial charge in [0.05, 0.1) is 11.3 Å². The van der Waals surface area contributed by atoms with Gasteiger partial charge < -0.3 is 9.67 Å². The molecule has 3 nitrogen and oxygen atoms in total. The zero-order valence-electron chi connectivity index (χ0n) is 9.98. The van der Waals surface area contributed by atoms with Crippen molar-refractivity contribution in [1.29, 1.82) is 0 Å². The van der Waals surface area contributed by atoms with Crippen molar-refractivity contribution in [2.45, 2.75) is 0 Å². The maximum absolute atomic E-state index is 11.0. The van der Waals surface area contributed by atoms with Crippen molar-refractivity contribution in [3.05, 3.63) is 65.1 Å². The van der Waals surface area contributed by atoms with Crippen LogP contribution in [0.4, 0.5) is 0 Å². The zero-order valence-corrected chi connectivity index (χ0v) is 10.8. The first-order valence-corrected chi connectivity index (χ1v) is 6.72. The van der Waals surface area contributed by atoms with Crippen LogP contribution >= 0.6 is 11.3 Å². The Morgan fingerprint density at radius 2 is 2.05 bits per heavy atom. The first-order valence-electron chi connectivity index (χ1n) is 5.78. The molecule has 0 aliphatic rings. The number of benzene rings is 1. The zero-order chi connectivity index (χ0) is 13.2. The van der Waals surface area contributed by atoms with Gasteiger partial charge in [0, 0.05) is 17.8 Å². The Morgan fingerprint density at radius 3 is 2.79 bits per heavy atom. The molecule has 0 amide bonds. The van der Waals surface area contributed by atoms with E-state index in [1.54, 1.807) is 29.5 Å². The largest absolute Gasteiger partial charge is 0.478 e. The highest BCUT2D eigenvalue weighted by Crippen LogP contribution is 2.23. The van der Waals surface area contributed by atoms with E-state index < -0.39 is 5.97 Å². The van der Waals surface area contributed by atoms with Crippen LogP contribution in [-0.2, 0) is 0 Å². The fourth-order valence-corrected chi connectivity index (χ4v) is 2.60. The number of hydrogen-bond acceptors (Lipinski definition) is 2. The third-order valence-electron chi connectivity index (χ3n) is 2.94. The average molecular weight is 269 g/mol. The van der Waals surface area contributed by atoms with Crippen LogP contribution in [0.3, 0.4) is 0 Å². The second-order valence-corrected chi connectivity index (χ2v) is 4.95. The van der Waals surface area contributed by atoms with E-state index in [0.717, 1.165) is 16.8 Å². The Balaban J connectivity index is 1.99. The smallest absolute Gasteiger partial charge is 0.335 e. The van der Waals surface area contributed by atoms with Crippen molar-refractivity contribution >= 4 is 17.3 Å². The molecular formula is C15H11NO2S. The molecule has 0 aliphatic carbocycles. The molecule has 0 radical (unpaired) electrons. The molecule has 0 unspecified atom stereocenters. The molecule has 0 spiro atoms. The molecule has 2 aromatic heterocycles. The van der Waals surface area contributed by atoms with E-state index in [4.69, 9.17) is 5.11 Å². The lowest BCUT2D eigenvalue weighted by Gasteiger charge is -2.00. The summed E-state index contributed by atoms with van der Waals surface area (Å²) in [6, 6.07) is 11.0. The van der Waals surface area contributed by atoms with Gasteiger partial charge in [-0.15, -0.1) is 0 Å². The Morgan fingerprint density at radius 1 is 1.16 bits per heavy atom. The summed E-state index contributed by atoms with van der Waals surface area (Å²) >= 11 is 1.65. The van der Waals surface area contributed by atoms with E-state index in [1.165, 1.54) is 0 Å². The van der Waals surface area contributed by atoms with E-state index in [2.05, 4.69) is 5.38 Å². The molecule has 1 aromatic carbocycles. The molecule has 0 atom stereocenters. The van der Waals surface area contributed by atoms with Crippen LogP contribution in [0.5, 0.6) is 0 Å². The minimum atomic E-state index is -0.904. The SMILES string of the molecule is O=C(O)c1cccc(-c2ccn(-c3ccsc3)c2)c1. The van der Waals surface area contributed by atoms with Gasteiger partial charge in [-0.1, -0.05) is 12.1 Å². The molecule has 3 rings (SSSR count). The first-order chi connectivity index (χ1) is 9.24. The number of carboxylic acids is 1. The second kappa shape index (κ2) is 4.74. The lowest BCUT2D eigenvalue weighted by atomic mass is 10.1. The molecule has 1 N–H and O–H groups in total. The average Bonchev–Trinajstić information content (AvgIpc) is 3.09. The van der Waals surface area contributed by atoms with Crippen LogP contribution in [0.15, 0.2) is 59.6 Å². The number of carbonyl (C=O) groups is 1. The number of nitrogens with zero attached hydrogens (tertiary/aromatic N) is 1. The Bertz CT molecular complexity index is 713. The number of thiophene rings is 1. The van der Waals surface area contributed by atoms with Gasteiger partial charge in [0.1, 0.15) is 0 Å². The van der Waals surface area contributed by atoms with Crippen molar-refractivity contribution in [2.24, 2.45) is 0 Å². The normalized spacial score (nSPS) is 10.5. The van der Waals surface area contributed by atoms with Crippen molar-refractivity contribution in [3.8, 4) is 16.8 Å². The molecule has 4 heteroatoms. The molecular weight excluding hydrogens is 258 g/mol. The third kappa shape index (κ3) is 2.30. The second-order valence-electron chi connectivity index (χ2n) is 4.17. The monoisotopic (exact) mass is 269 g/mol. The fourth-order valence-electron chi connectivity index (χ4n) is 1.96.